The van der Waals surface area contributed by atoms with Crippen LogP contribution in [-0.4, -0.2) is 5.78 Å². The molecule has 0 bridgehead atoms. The zero-order chi connectivity index (χ0) is 19.2. The molecule has 0 saturated heterocycles. The van der Waals surface area contributed by atoms with Gasteiger partial charge in [-0.05, 0) is 17.2 Å². The average molecular weight is 364 g/mol. The smallest absolute Gasteiger partial charge is 0.196 e. The van der Waals surface area contributed by atoms with Crippen molar-refractivity contribution < 1.29 is 9.53 Å². The third-order valence-corrected chi connectivity index (χ3v) is 4.61. The molecule has 0 saturated carbocycles. The van der Waals surface area contributed by atoms with Crippen LogP contribution in [-0.2, 0) is 6.61 Å². The van der Waals surface area contributed by atoms with Gasteiger partial charge < -0.3 is 4.74 Å². The highest BCUT2D eigenvalue weighted by molar-refractivity contribution is 6.11. The van der Waals surface area contributed by atoms with Gasteiger partial charge in [-0.3, -0.25) is 4.79 Å². The molecule has 2 nitrogen and oxygen atoms in total. The van der Waals surface area contributed by atoms with E-state index in [1.165, 1.54) is 0 Å². The molecule has 0 aliphatic carbocycles. The fourth-order valence-corrected chi connectivity index (χ4v) is 3.19. The van der Waals surface area contributed by atoms with Gasteiger partial charge in [-0.1, -0.05) is 103 Å². The Morgan fingerprint density at radius 2 is 1.25 bits per heavy atom. The Morgan fingerprint density at radius 3 is 1.93 bits per heavy atom. The lowest BCUT2D eigenvalue weighted by Gasteiger charge is -2.16. The monoisotopic (exact) mass is 364 g/mol. The van der Waals surface area contributed by atoms with Crippen molar-refractivity contribution in [2.75, 3.05) is 0 Å². The Hall–Kier alpha value is -3.65. The number of carbonyl (C=O) groups is 1. The van der Waals surface area contributed by atoms with Gasteiger partial charge in [0, 0.05) is 11.1 Å². The Bertz CT molecular complexity index is 1060. The number of benzene rings is 4. The fourth-order valence-electron chi connectivity index (χ4n) is 3.19. The van der Waals surface area contributed by atoms with E-state index in [2.05, 4.69) is 0 Å². The van der Waals surface area contributed by atoms with Crippen molar-refractivity contribution >= 4 is 5.78 Å². The van der Waals surface area contributed by atoms with Crippen LogP contribution in [0.15, 0.2) is 109 Å². The highest BCUT2D eigenvalue weighted by Gasteiger charge is 2.18. The number of hydrogen-bond donors (Lipinski definition) is 0. The molecule has 0 unspecified atom stereocenters. The second-order valence-electron chi connectivity index (χ2n) is 6.52. The lowest BCUT2D eigenvalue weighted by molar-refractivity contribution is 0.103. The summed E-state index contributed by atoms with van der Waals surface area (Å²) in [6.45, 7) is 0.403. The molecule has 0 radical (unpaired) electrons. The second-order valence-corrected chi connectivity index (χ2v) is 6.52. The number of para-hydroxylation sites is 1. The van der Waals surface area contributed by atoms with E-state index < -0.39 is 0 Å². The van der Waals surface area contributed by atoms with Crippen molar-refractivity contribution in [1.82, 2.24) is 0 Å². The molecular weight excluding hydrogens is 344 g/mol. The van der Waals surface area contributed by atoms with Gasteiger partial charge in [-0.25, -0.2) is 0 Å². The first-order valence-electron chi connectivity index (χ1n) is 9.28. The summed E-state index contributed by atoms with van der Waals surface area (Å²) < 4.78 is 6.23. The molecule has 0 heterocycles. The van der Waals surface area contributed by atoms with Crippen LogP contribution in [0.3, 0.4) is 0 Å². The van der Waals surface area contributed by atoms with E-state index in [-0.39, 0.29) is 5.78 Å². The quantitative estimate of drug-likeness (QED) is 0.383. The molecule has 0 fully saturated rings. The average Bonchev–Trinajstić information content (AvgIpc) is 2.79. The Morgan fingerprint density at radius 1 is 0.643 bits per heavy atom. The zero-order valence-electron chi connectivity index (χ0n) is 15.4. The van der Waals surface area contributed by atoms with E-state index >= 15 is 0 Å². The maximum Gasteiger partial charge on any atom is 0.196 e. The van der Waals surface area contributed by atoms with E-state index in [0.29, 0.717) is 23.5 Å². The Kier molecular flexibility index (Phi) is 5.30. The van der Waals surface area contributed by atoms with Crippen molar-refractivity contribution in [3.8, 4) is 16.9 Å². The second kappa shape index (κ2) is 8.36. The van der Waals surface area contributed by atoms with Gasteiger partial charge in [0.15, 0.2) is 5.78 Å². The van der Waals surface area contributed by atoms with Gasteiger partial charge in [0.1, 0.15) is 12.4 Å². The Labute approximate surface area is 165 Å². The normalized spacial score (nSPS) is 10.4. The minimum atomic E-state index is -0.0403. The largest absolute Gasteiger partial charge is 0.487 e. The Balaban J connectivity index is 1.78. The lowest BCUT2D eigenvalue weighted by atomic mass is 9.96. The van der Waals surface area contributed by atoms with Gasteiger partial charge >= 0.3 is 0 Å². The summed E-state index contributed by atoms with van der Waals surface area (Å²) in [5.74, 6) is 0.577. The molecule has 2 heteroatoms. The van der Waals surface area contributed by atoms with Gasteiger partial charge in [-0.2, -0.15) is 0 Å². The van der Waals surface area contributed by atoms with Crippen molar-refractivity contribution in [1.29, 1.82) is 0 Å². The summed E-state index contributed by atoms with van der Waals surface area (Å²) >= 11 is 0. The van der Waals surface area contributed by atoms with E-state index in [0.717, 1.165) is 16.7 Å². The van der Waals surface area contributed by atoms with E-state index in [4.69, 9.17) is 4.74 Å². The molecule has 0 N–H and O–H groups in total. The summed E-state index contributed by atoms with van der Waals surface area (Å²) in [6, 6.07) is 35.1. The molecule has 0 aromatic heterocycles. The number of ether oxygens (including phenoxy) is 1. The fraction of sp³-hybridized carbons (Fsp3) is 0.0385. The highest BCUT2D eigenvalue weighted by Crippen LogP contribution is 2.35. The number of ketones is 1. The lowest BCUT2D eigenvalue weighted by Crippen LogP contribution is -2.07. The van der Waals surface area contributed by atoms with E-state index in [1.54, 1.807) is 0 Å². The molecule has 0 atom stereocenters. The third-order valence-electron chi connectivity index (χ3n) is 4.61. The van der Waals surface area contributed by atoms with Crippen molar-refractivity contribution in [3.63, 3.8) is 0 Å². The summed E-state index contributed by atoms with van der Waals surface area (Å²) in [6.07, 6.45) is 0. The number of rotatable bonds is 6. The molecule has 4 aromatic rings. The van der Waals surface area contributed by atoms with Crippen molar-refractivity contribution in [3.05, 3.63) is 126 Å². The molecule has 4 rings (SSSR count). The molecule has 0 aliphatic heterocycles. The minimum Gasteiger partial charge on any atom is -0.487 e. The standard InChI is InChI=1S/C26H20O2/c27-25(22-15-8-3-9-16-22)24-18-10-17-23(21-13-6-2-7-14-21)26(24)28-19-20-11-4-1-5-12-20/h1-18H,19H2. The van der Waals surface area contributed by atoms with Crippen LogP contribution in [0.4, 0.5) is 0 Å². The summed E-state index contributed by atoms with van der Waals surface area (Å²) in [7, 11) is 0. The van der Waals surface area contributed by atoms with E-state index in [1.807, 2.05) is 109 Å². The van der Waals surface area contributed by atoms with Crippen LogP contribution in [0.25, 0.3) is 11.1 Å². The van der Waals surface area contributed by atoms with E-state index in [9.17, 15) is 4.79 Å². The van der Waals surface area contributed by atoms with Gasteiger partial charge in [0.05, 0.1) is 5.56 Å². The van der Waals surface area contributed by atoms with Gasteiger partial charge in [0.2, 0.25) is 0 Å². The molecule has 0 amide bonds. The molecule has 4 aromatic carbocycles. The maximum absolute atomic E-state index is 13.2. The molecule has 28 heavy (non-hydrogen) atoms. The molecule has 0 spiro atoms. The molecule has 0 aliphatic rings. The van der Waals surface area contributed by atoms with Gasteiger partial charge in [-0.15, -0.1) is 0 Å². The first kappa shape index (κ1) is 17.7. The van der Waals surface area contributed by atoms with Crippen LogP contribution in [0.2, 0.25) is 0 Å². The third kappa shape index (κ3) is 3.86. The minimum absolute atomic E-state index is 0.0403. The van der Waals surface area contributed by atoms with Crippen LogP contribution in [0, 0.1) is 0 Å². The summed E-state index contributed by atoms with van der Waals surface area (Å²) in [5.41, 5.74) is 4.22. The van der Waals surface area contributed by atoms with Crippen molar-refractivity contribution in [2.45, 2.75) is 6.61 Å². The molecule has 136 valence electrons. The number of hydrogen-bond acceptors (Lipinski definition) is 2. The van der Waals surface area contributed by atoms with Crippen LogP contribution < -0.4 is 4.74 Å². The predicted octanol–water partition coefficient (Wildman–Crippen LogP) is 6.16. The van der Waals surface area contributed by atoms with Crippen molar-refractivity contribution in [2.24, 2.45) is 0 Å². The summed E-state index contributed by atoms with van der Waals surface area (Å²) in [4.78, 5) is 13.2. The van der Waals surface area contributed by atoms with Crippen LogP contribution in [0.5, 0.6) is 5.75 Å². The maximum atomic E-state index is 13.2. The first-order chi connectivity index (χ1) is 13.8. The highest BCUT2D eigenvalue weighted by atomic mass is 16.5. The first-order valence-corrected chi connectivity index (χ1v) is 9.28. The van der Waals surface area contributed by atoms with Gasteiger partial charge in [0.25, 0.3) is 0 Å². The summed E-state index contributed by atoms with van der Waals surface area (Å²) in [5, 5.41) is 0. The number of carbonyl (C=O) groups excluding carboxylic acids is 1. The SMILES string of the molecule is O=C(c1ccccc1)c1cccc(-c2ccccc2)c1OCc1ccccc1. The zero-order valence-corrected chi connectivity index (χ0v) is 15.4. The molecular formula is C26H20O2. The topological polar surface area (TPSA) is 26.3 Å². The predicted molar refractivity (Wildman–Crippen MR) is 113 cm³/mol. The van der Waals surface area contributed by atoms with Crippen LogP contribution >= 0.6 is 0 Å². The van der Waals surface area contributed by atoms with Crippen LogP contribution in [0.1, 0.15) is 21.5 Å².